The van der Waals surface area contributed by atoms with E-state index in [2.05, 4.69) is 0 Å². The molecule has 0 aromatic carbocycles. The van der Waals surface area contributed by atoms with Crippen molar-refractivity contribution >= 4 is 5.97 Å². The van der Waals surface area contributed by atoms with Crippen molar-refractivity contribution in [3.05, 3.63) is 0 Å². The maximum atomic E-state index is 12.5. The molecule has 1 saturated carbocycles. The highest BCUT2D eigenvalue weighted by atomic mass is 19.3. The van der Waals surface area contributed by atoms with Crippen molar-refractivity contribution in [3.8, 4) is 0 Å². The fourth-order valence-electron chi connectivity index (χ4n) is 2.27. The van der Waals surface area contributed by atoms with Gasteiger partial charge in [0.1, 0.15) is 5.41 Å². The number of alkyl halides is 4. The number of carboxylic acids is 1. The van der Waals surface area contributed by atoms with Crippen molar-refractivity contribution in [2.24, 2.45) is 16.7 Å². The van der Waals surface area contributed by atoms with E-state index in [0.29, 0.717) is 0 Å². The molecule has 0 aromatic rings. The van der Waals surface area contributed by atoms with E-state index in [-0.39, 0.29) is 0 Å². The monoisotopic (exact) mass is 214 g/mol. The molecule has 1 aliphatic carbocycles. The van der Waals surface area contributed by atoms with Crippen LogP contribution in [0.2, 0.25) is 0 Å². The van der Waals surface area contributed by atoms with Gasteiger partial charge in [-0.2, -0.15) is 0 Å². The Hall–Kier alpha value is -0.810. The zero-order valence-corrected chi connectivity index (χ0v) is 7.60. The predicted octanol–water partition coefficient (Wildman–Crippen LogP) is 2.24. The zero-order valence-electron chi connectivity index (χ0n) is 7.60. The highest BCUT2D eigenvalue weighted by molar-refractivity contribution is 5.81. The van der Waals surface area contributed by atoms with Crippen molar-refractivity contribution in [1.82, 2.24) is 0 Å². The van der Waals surface area contributed by atoms with Gasteiger partial charge in [-0.3, -0.25) is 4.79 Å². The van der Waals surface area contributed by atoms with Gasteiger partial charge >= 0.3 is 5.97 Å². The van der Waals surface area contributed by atoms with Crippen LogP contribution in [-0.2, 0) is 4.79 Å². The summed E-state index contributed by atoms with van der Waals surface area (Å²) < 4.78 is 49.7. The first kappa shape index (κ1) is 11.3. The highest BCUT2D eigenvalue weighted by Crippen LogP contribution is 2.73. The maximum absolute atomic E-state index is 12.5. The van der Waals surface area contributed by atoms with Gasteiger partial charge in [0.15, 0.2) is 0 Å². The molecule has 2 nitrogen and oxygen atoms in total. The molecule has 1 N–H and O–H groups in total. The number of hydrogen-bond acceptors (Lipinski definition) is 1. The van der Waals surface area contributed by atoms with E-state index in [1.54, 1.807) is 0 Å². The molecule has 0 radical (unpaired) electrons. The lowest BCUT2D eigenvalue weighted by Gasteiger charge is -2.13. The van der Waals surface area contributed by atoms with Crippen molar-refractivity contribution in [2.45, 2.75) is 26.7 Å². The number of hydrogen-bond donors (Lipinski definition) is 1. The van der Waals surface area contributed by atoms with Crippen LogP contribution in [0.25, 0.3) is 0 Å². The summed E-state index contributed by atoms with van der Waals surface area (Å²) in [5, 5.41) is 8.62. The van der Waals surface area contributed by atoms with E-state index < -0.39 is 35.6 Å². The predicted molar refractivity (Wildman–Crippen MR) is 39.3 cm³/mol. The molecule has 0 saturated heterocycles. The zero-order chi connectivity index (χ0) is 11.3. The lowest BCUT2D eigenvalue weighted by Crippen LogP contribution is -2.30. The van der Waals surface area contributed by atoms with Crippen LogP contribution < -0.4 is 0 Å². The van der Waals surface area contributed by atoms with Crippen molar-refractivity contribution in [2.75, 3.05) is 0 Å². The van der Waals surface area contributed by atoms with Crippen LogP contribution in [0.1, 0.15) is 13.8 Å². The summed E-state index contributed by atoms with van der Waals surface area (Å²) >= 11 is 0. The molecule has 6 heteroatoms. The number of rotatable bonds is 3. The fourth-order valence-corrected chi connectivity index (χ4v) is 2.27. The molecule has 1 aliphatic rings. The molecule has 82 valence electrons. The van der Waals surface area contributed by atoms with E-state index in [1.807, 2.05) is 0 Å². The van der Waals surface area contributed by atoms with Crippen LogP contribution in [-0.4, -0.2) is 23.9 Å². The number of aliphatic carboxylic acids is 1. The van der Waals surface area contributed by atoms with Crippen molar-refractivity contribution in [3.63, 3.8) is 0 Å². The van der Waals surface area contributed by atoms with Crippen molar-refractivity contribution in [1.29, 1.82) is 0 Å². The summed E-state index contributed by atoms with van der Waals surface area (Å²) in [4.78, 5) is 10.6. The quantitative estimate of drug-likeness (QED) is 0.731. The van der Waals surface area contributed by atoms with E-state index in [9.17, 15) is 22.4 Å². The SMILES string of the molecule is CC1(C)C(C(F)F)C1(C(=O)O)C(F)F. The van der Waals surface area contributed by atoms with E-state index in [0.717, 1.165) is 13.8 Å². The average Bonchev–Trinajstić information content (AvgIpc) is 2.48. The summed E-state index contributed by atoms with van der Waals surface area (Å²) in [6, 6.07) is 0. The summed E-state index contributed by atoms with van der Waals surface area (Å²) in [7, 11) is 0. The summed E-state index contributed by atoms with van der Waals surface area (Å²) in [6.07, 6.45) is -6.30. The minimum atomic E-state index is -3.27. The first-order valence-corrected chi connectivity index (χ1v) is 4.00. The largest absolute Gasteiger partial charge is 0.481 e. The minimum Gasteiger partial charge on any atom is -0.481 e. The Labute approximate surface area is 77.9 Å². The molecule has 0 aromatic heterocycles. The van der Waals surface area contributed by atoms with Crippen LogP contribution in [0.5, 0.6) is 0 Å². The van der Waals surface area contributed by atoms with E-state index in [1.165, 1.54) is 0 Å². The maximum Gasteiger partial charge on any atom is 0.316 e. The normalized spacial score (nSPS) is 35.0. The standard InChI is InChI=1S/C8H10F4O2/c1-7(2)3(4(9)10)8(7,5(11)12)6(13)14/h3-5H,1-2H3,(H,13,14). The molecule has 0 bridgehead atoms. The van der Waals surface area contributed by atoms with Gasteiger partial charge in [0.05, 0.1) is 0 Å². The molecular formula is C8H10F4O2. The molecule has 0 aliphatic heterocycles. The van der Waals surface area contributed by atoms with Crippen LogP contribution in [0.15, 0.2) is 0 Å². The van der Waals surface area contributed by atoms with Gasteiger partial charge in [-0.25, -0.2) is 17.6 Å². The van der Waals surface area contributed by atoms with Crippen LogP contribution in [0, 0.1) is 16.7 Å². The number of carbonyl (C=O) groups is 1. The molecule has 1 rings (SSSR count). The Balaban J connectivity index is 3.11. The van der Waals surface area contributed by atoms with Gasteiger partial charge in [-0.1, -0.05) is 13.8 Å². The first-order chi connectivity index (χ1) is 6.20. The Morgan fingerprint density at radius 2 is 1.71 bits per heavy atom. The van der Waals surface area contributed by atoms with E-state index in [4.69, 9.17) is 5.11 Å². The van der Waals surface area contributed by atoms with Gasteiger partial charge < -0.3 is 5.11 Å². The minimum absolute atomic E-state index is 1.13. The number of carboxylic acid groups (broad SMARTS) is 1. The van der Waals surface area contributed by atoms with Crippen LogP contribution >= 0.6 is 0 Å². The second kappa shape index (κ2) is 2.84. The third kappa shape index (κ3) is 0.994. The van der Waals surface area contributed by atoms with Gasteiger partial charge in [0.2, 0.25) is 6.43 Å². The van der Waals surface area contributed by atoms with Gasteiger partial charge in [-0.15, -0.1) is 0 Å². The molecule has 0 spiro atoms. The molecule has 1 fully saturated rings. The smallest absolute Gasteiger partial charge is 0.316 e. The van der Waals surface area contributed by atoms with Crippen molar-refractivity contribution < 1.29 is 27.5 Å². The Bertz CT molecular complexity index is 264. The summed E-state index contributed by atoms with van der Waals surface area (Å²) in [5.41, 5.74) is -4.14. The Morgan fingerprint density at radius 3 is 1.79 bits per heavy atom. The molecule has 2 unspecified atom stereocenters. The average molecular weight is 214 g/mol. The third-order valence-electron chi connectivity index (χ3n) is 3.20. The summed E-state index contributed by atoms with van der Waals surface area (Å²) in [6.45, 7) is 2.26. The first-order valence-electron chi connectivity index (χ1n) is 4.00. The molecular weight excluding hydrogens is 204 g/mol. The van der Waals surface area contributed by atoms with E-state index >= 15 is 0 Å². The lowest BCUT2D eigenvalue weighted by molar-refractivity contribution is -0.154. The van der Waals surface area contributed by atoms with Gasteiger partial charge in [-0.05, 0) is 5.41 Å². The Kier molecular flexibility index (Phi) is 2.28. The second-order valence-electron chi connectivity index (χ2n) is 4.01. The lowest BCUT2D eigenvalue weighted by atomic mass is 9.97. The number of halogens is 4. The highest BCUT2D eigenvalue weighted by Gasteiger charge is 2.83. The van der Waals surface area contributed by atoms with Gasteiger partial charge in [0, 0.05) is 5.92 Å². The molecule has 0 heterocycles. The van der Waals surface area contributed by atoms with Crippen LogP contribution in [0.3, 0.4) is 0 Å². The third-order valence-corrected chi connectivity index (χ3v) is 3.20. The molecule has 14 heavy (non-hydrogen) atoms. The van der Waals surface area contributed by atoms with Gasteiger partial charge in [0.25, 0.3) is 6.43 Å². The summed E-state index contributed by atoms with van der Waals surface area (Å²) in [5.74, 6) is -3.62. The Morgan fingerprint density at radius 1 is 1.29 bits per heavy atom. The fraction of sp³-hybridized carbons (Fsp3) is 0.875. The molecule has 0 amide bonds. The second-order valence-corrected chi connectivity index (χ2v) is 4.01. The topological polar surface area (TPSA) is 37.3 Å². The molecule has 2 atom stereocenters. The van der Waals surface area contributed by atoms with Crippen LogP contribution in [0.4, 0.5) is 17.6 Å².